The lowest BCUT2D eigenvalue weighted by Gasteiger charge is -2.27. The molecule has 1 aliphatic rings. The molecule has 1 aromatic rings. The van der Waals surface area contributed by atoms with Crippen LogP contribution in [0.3, 0.4) is 0 Å². The fourth-order valence-electron chi connectivity index (χ4n) is 2.16. The number of hydrogen-bond donors (Lipinski definition) is 1. The van der Waals surface area contributed by atoms with Crippen molar-refractivity contribution in [3.8, 4) is 0 Å². The first-order chi connectivity index (χ1) is 9.59. The van der Waals surface area contributed by atoms with Gasteiger partial charge < -0.3 is 14.7 Å². The molecule has 0 saturated carbocycles. The summed E-state index contributed by atoms with van der Waals surface area (Å²) < 4.78 is 5.23. The molecule has 2 rings (SSSR count). The van der Waals surface area contributed by atoms with E-state index >= 15 is 0 Å². The molecule has 1 heterocycles. The number of rotatable bonds is 3. The summed E-state index contributed by atoms with van der Waals surface area (Å²) in [6.07, 6.45) is 2.58. The molecule has 5 nitrogen and oxygen atoms in total. The molecule has 0 atom stereocenters. The Labute approximate surface area is 117 Å². The van der Waals surface area contributed by atoms with Crippen molar-refractivity contribution in [1.29, 1.82) is 0 Å². The van der Waals surface area contributed by atoms with Gasteiger partial charge in [-0.15, -0.1) is 0 Å². The maximum absolute atomic E-state index is 12.4. The van der Waals surface area contributed by atoms with Gasteiger partial charge in [0.15, 0.2) is 0 Å². The average Bonchev–Trinajstić information content (AvgIpc) is 2.46. The number of amides is 1. The van der Waals surface area contributed by atoms with Gasteiger partial charge in [0.25, 0.3) is 5.91 Å². The van der Waals surface area contributed by atoms with Crippen LogP contribution in [0, 0.1) is 6.92 Å². The minimum absolute atomic E-state index is 0.0311. The van der Waals surface area contributed by atoms with Crippen LogP contribution in [0.4, 0.5) is 0 Å². The second-order valence-corrected chi connectivity index (χ2v) is 4.60. The molecule has 1 saturated heterocycles. The molecule has 20 heavy (non-hydrogen) atoms. The minimum Gasteiger partial charge on any atom is -0.478 e. The summed E-state index contributed by atoms with van der Waals surface area (Å²) in [6.45, 7) is 4.13. The highest BCUT2D eigenvalue weighted by molar-refractivity contribution is 5.97. The number of carbonyl (C=O) groups is 2. The first-order valence-electron chi connectivity index (χ1n) is 6.47. The van der Waals surface area contributed by atoms with Crippen LogP contribution < -0.4 is 0 Å². The third kappa shape index (κ3) is 3.24. The van der Waals surface area contributed by atoms with Crippen molar-refractivity contribution in [2.24, 2.45) is 0 Å². The molecule has 106 valence electrons. The van der Waals surface area contributed by atoms with Gasteiger partial charge in [0, 0.05) is 24.7 Å². The van der Waals surface area contributed by atoms with Gasteiger partial charge in [-0.3, -0.25) is 4.79 Å². The van der Waals surface area contributed by atoms with Gasteiger partial charge in [-0.25, -0.2) is 4.79 Å². The molecule has 1 N–H and O–H groups in total. The summed E-state index contributed by atoms with van der Waals surface area (Å²) in [6, 6.07) is 5.33. The first-order valence-corrected chi connectivity index (χ1v) is 6.47. The van der Waals surface area contributed by atoms with Gasteiger partial charge in [-0.05, 0) is 30.2 Å². The average molecular weight is 275 g/mol. The van der Waals surface area contributed by atoms with Crippen molar-refractivity contribution in [2.75, 3.05) is 26.3 Å². The van der Waals surface area contributed by atoms with Crippen molar-refractivity contribution >= 4 is 18.0 Å². The maximum Gasteiger partial charge on any atom is 0.328 e. The van der Waals surface area contributed by atoms with E-state index in [1.807, 2.05) is 6.92 Å². The molecule has 1 aliphatic heterocycles. The Kier molecular flexibility index (Phi) is 4.53. The summed E-state index contributed by atoms with van der Waals surface area (Å²) in [5, 5.41) is 8.67. The summed E-state index contributed by atoms with van der Waals surface area (Å²) in [4.78, 5) is 24.8. The highest BCUT2D eigenvalue weighted by Gasteiger charge is 2.20. The molecule has 0 radical (unpaired) electrons. The Balaban J connectivity index is 2.25. The van der Waals surface area contributed by atoms with Crippen LogP contribution in [0.1, 0.15) is 21.5 Å². The van der Waals surface area contributed by atoms with E-state index in [9.17, 15) is 9.59 Å². The van der Waals surface area contributed by atoms with Gasteiger partial charge in [0.05, 0.1) is 13.2 Å². The van der Waals surface area contributed by atoms with E-state index in [4.69, 9.17) is 9.84 Å². The number of morpholine rings is 1. The third-order valence-corrected chi connectivity index (χ3v) is 3.31. The molecule has 1 amide bonds. The number of carboxylic acid groups (broad SMARTS) is 1. The number of ether oxygens (including phenoxy) is 1. The molecule has 0 spiro atoms. The van der Waals surface area contributed by atoms with E-state index in [0.717, 1.165) is 17.2 Å². The second kappa shape index (κ2) is 6.34. The molecule has 0 aliphatic carbocycles. The van der Waals surface area contributed by atoms with Crippen molar-refractivity contribution < 1.29 is 19.4 Å². The van der Waals surface area contributed by atoms with Crippen LogP contribution in [0.5, 0.6) is 0 Å². The molecular weight excluding hydrogens is 258 g/mol. The second-order valence-electron chi connectivity index (χ2n) is 4.60. The predicted molar refractivity (Wildman–Crippen MR) is 74.6 cm³/mol. The Morgan fingerprint density at radius 2 is 2.00 bits per heavy atom. The third-order valence-electron chi connectivity index (χ3n) is 3.31. The number of nitrogens with zero attached hydrogens (tertiary/aromatic N) is 1. The van der Waals surface area contributed by atoms with E-state index in [2.05, 4.69) is 0 Å². The summed E-state index contributed by atoms with van der Waals surface area (Å²) >= 11 is 0. The number of hydrogen-bond acceptors (Lipinski definition) is 3. The molecular formula is C15H17NO4. The molecule has 1 fully saturated rings. The van der Waals surface area contributed by atoms with E-state index in [1.165, 1.54) is 6.08 Å². The molecule has 0 bridgehead atoms. The number of carbonyl (C=O) groups excluding carboxylic acids is 1. The van der Waals surface area contributed by atoms with Crippen LogP contribution in [-0.2, 0) is 9.53 Å². The van der Waals surface area contributed by atoms with Gasteiger partial charge in [0.1, 0.15) is 0 Å². The lowest BCUT2D eigenvalue weighted by molar-refractivity contribution is -0.131. The zero-order valence-electron chi connectivity index (χ0n) is 11.3. The number of benzene rings is 1. The number of carboxylic acids is 1. The Morgan fingerprint density at radius 1 is 1.30 bits per heavy atom. The van der Waals surface area contributed by atoms with Crippen LogP contribution in [0.2, 0.25) is 0 Å². The van der Waals surface area contributed by atoms with Crippen molar-refractivity contribution in [3.05, 3.63) is 41.0 Å². The minimum atomic E-state index is -1.01. The Hall–Kier alpha value is -2.14. The summed E-state index contributed by atoms with van der Waals surface area (Å²) in [5.74, 6) is -1.04. The quantitative estimate of drug-likeness (QED) is 0.850. The monoisotopic (exact) mass is 275 g/mol. The van der Waals surface area contributed by atoms with E-state index in [-0.39, 0.29) is 5.91 Å². The molecule has 1 aromatic carbocycles. The zero-order chi connectivity index (χ0) is 14.5. The highest BCUT2D eigenvalue weighted by Crippen LogP contribution is 2.18. The molecule has 0 aromatic heterocycles. The van der Waals surface area contributed by atoms with Gasteiger partial charge in [-0.1, -0.05) is 12.1 Å². The van der Waals surface area contributed by atoms with Crippen molar-refractivity contribution in [3.63, 3.8) is 0 Å². The topological polar surface area (TPSA) is 66.8 Å². The maximum atomic E-state index is 12.4. The Bertz CT molecular complexity index is 545. The van der Waals surface area contributed by atoms with Gasteiger partial charge in [-0.2, -0.15) is 0 Å². The predicted octanol–water partition coefficient (Wildman–Crippen LogP) is 1.57. The lowest BCUT2D eigenvalue weighted by atomic mass is 10.0. The van der Waals surface area contributed by atoms with Crippen LogP contribution >= 0.6 is 0 Å². The number of aliphatic carboxylic acids is 1. The Morgan fingerprint density at radius 3 is 2.65 bits per heavy atom. The first kappa shape index (κ1) is 14.3. The van der Waals surface area contributed by atoms with Gasteiger partial charge in [0.2, 0.25) is 0 Å². The largest absolute Gasteiger partial charge is 0.478 e. The van der Waals surface area contributed by atoms with E-state index in [1.54, 1.807) is 23.1 Å². The van der Waals surface area contributed by atoms with Crippen LogP contribution in [-0.4, -0.2) is 48.2 Å². The standard InChI is InChI=1S/C15H17NO4/c1-11-12(5-6-14(17)18)3-2-4-13(11)15(19)16-7-9-20-10-8-16/h2-6H,7-10H2,1H3,(H,17,18). The highest BCUT2D eigenvalue weighted by atomic mass is 16.5. The zero-order valence-corrected chi connectivity index (χ0v) is 11.3. The van der Waals surface area contributed by atoms with Gasteiger partial charge >= 0.3 is 5.97 Å². The smallest absolute Gasteiger partial charge is 0.328 e. The fourth-order valence-corrected chi connectivity index (χ4v) is 2.16. The van der Waals surface area contributed by atoms with Crippen LogP contribution in [0.25, 0.3) is 6.08 Å². The fraction of sp³-hybridized carbons (Fsp3) is 0.333. The summed E-state index contributed by atoms with van der Waals surface area (Å²) in [7, 11) is 0. The van der Waals surface area contributed by atoms with E-state index in [0.29, 0.717) is 31.9 Å². The van der Waals surface area contributed by atoms with Crippen molar-refractivity contribution in [1.82, 2.24) is 4.90 Å². The normalized spacial score (nSPS) is 15.6. The van der Waals surface area contributed by atoms with E-state index < -0.39 is 5.97 Å². The van der Waals surface area contributed by atoms with Crippen molar-refractivity contribution in [2.45, 2.75) is 6.92 Å². The SMILES string of the molecule is Cc1c(C=CC(=O)O)cccc1C(=O)N1CCOCC1. The molecule has 5 heteroatoms. The summed E-state index contributed by atoms with van der Waals surface area (Å²) in [5.41, 5.74) is 2.15. The lowest BCUT2D eigenvalue weighted by Crippen LogP contribution is -2.41. The van der Waals surface area contributed by atoms with Crippen LogP contribution in [0.15, 0.2) is 24.3 Å². The molecule has 0 unspecified atom stereocenters.